The summed E-state index contributed by atoms with van der Waals surface area (Å²) in [6.45, 7) is 4.21. The van der Waals surface area contributed by atoms with Crippen molar-refractivity contribution in [1.29, 1.82) is 0 Å². The van der Waals surface area contributed by atoms with Crippen molar-refractivity contribution in [3.63, 3.8) is 0 Å². The maximum absolute atomic E-state index is 10.0. The van der Waals surface area contributed by atoms with E-state index in [0.29, 0.717) is 38.3 Å². The Kier molecular flexibility index (Phi) is 11.8. The summed E-state index contributed by atoms with van der Waals surface area (Å²) < 4.78 is 0. The molecule has 2 saturated carbocycles. The first-order chi connectivity index (χ1) is 12.7. The molecule has 0 aliphatic heterocycles. The van der Waals surface area contributed by atoms with Crippen molar-refractivity contribution in [3.05, 3.63) is 0 Å². The van der Waals surface area contributed by atoms with E-state index in [-0.39, 0.29) is 12.2 Å². The van der Waals surface area contributed by atoms with Gasteiger partial charge in [0.1, 0.15) is 0 Å². The Labute approximate surface area is 159 Å². The van der Waals surface area contributed by atoms with E-state index in [1.54, 1.807) is 0 Å². The average Bonchev–Trinajstić information content (AvgIpc) is 2.69. The summed E-state index contributed by atoms with van der Waals surface area (Å²) in [5.41, 5.74) is 0. The fourth-order valence-electron chi connectivity index (χ4n) is 4.08. The van der Waals surface area contributed by atoms with E-state index in [1.807, 2.05) is 0 Å². The Morgan fingerprint density at radius 3 is 1.35 bits per heavy atom. The van der Waals surface area contributed by atoms with Gasteiger partial charge in [-0.2, -0.15) is 0 Å². The molecule has 0 radical (unpaired) electrons. The number of rotatable bonds is 13. The standard InChI is InChI=1S/C20H42N4O2/c25-19(15-23-17-7-3-1-4-8-17)13-21-11-12-22-14-20(26)16-24-18-9-5-2-6-10-18/h17-26H,1-16H2. The Bertz CT molecular complexity index is 302. The highest BCUT2D eigenvalue weighted by molar-refractivity contribution is 4.75. The summed E-state index contributed by atoms with van der Waals surface area (Å²) in [4.78, 5) is 0. The van der Waals surface area contributed by atoms with Gasteiger partial charge in [0.15, 0.2) is 0 Å². The van der Waals surface area contributed by atoms with Crippen molar-refractivity contribution in [2.45, 2.75) is 88.5 Å². The summed E-state index contributed by atoms with van der Waals surface area (Å²) in [6.07, 6.45) is 12.3. The van der Waals surface area contributed by atoms with Crippen LogP contribution in [0.4, 0.5) is 0 Å². The highest BCUT2D eigenvalue weighted by Gasteiger charge is 2.15. The van der Waals surface area contributed by atoms with Crippen LogP contribution in [0.1, 0.15) is 64.2 Å². The molecule has 2 unspecified atom stereocenters. The van der Waals surface area contributed by atoms with Crippen LogP contribution in [-0.4, -0.2) is 73.8 Å². The smallest absolute Gasteiger partial charge is 0.0788 e. The second-order valence-corrected chi connectivity index (χ2v) is 8.20. The van der Waals surface area contributed by atoms with E-state index < -0.39 is 0 Å². The lowest BCUT2D eigenvalue weighted by Gasteiger charge is -2.24. The van der Waals surface area contributed by atoms with Gasteiger partial charge in [0.25, 0.3) is 0 Å². The number of hydrogen-bond donors (Lipinski definition) is 6. The van der Waals surface area contributed by atoms with Crippen LogP contribution in [0.15, 0.2) is 0 Å². The van der Waals surface area contributed by atoms with Gasteiger partial charge in [0.2, 0.25) is 0 Å². The number of nitrogens with one attached hydrogen (secondary N) is 4. The number of aliphatic hydroxyl groups excluding tert-OH is 2. The predicted octanol–water partition coefficient (Wildman–Crippen LogP) is 0.732. The molecule has 0 bridgehead atoms. The van der Waals surface area contributed by atoms with Crippen LogP contribution >= 0.6 is 0 Å². The largest absolute Gasteiger partial charge is 0.390 e. The molecule has 2 rings (SSSR count). The van der Waals surface area contributed by atoms with Crippen molar-refractivity contribution in [2.75, 3.05) is 39.3 Å². The van der Waals surface area contributed by atoms with Gasteiger partial charge in [0, 0.05) is 51.4 Å². The number of hydrogen-bond acceptors (Lipinski definition) is 6. The molecule has 2 fully saturated rings. The van der Waals surface area contributed by atoms with Crippen molar-refractivity contribution in [1.82, 2.24) is 21.3 Å². The van der Waals surface area contributed by atoms with Gasteiger partial charge in [0.05, 0.1) is 12.2 Å². The van der Waals surface area contributed by atoms with Gasteiger partial charge >= 0.3 is 0 Å². The first kappa shape index (κ1) is 22.1. The molecule has 2 aliphatic carbocycles. The minimum Gasteiger partial charge on any atom is -0.390 e. The molecular weight excluding hydrogens is 328 g/mol. The average molecular weight is 371 g/mol. The van der Waals surface area contributed by atoms with Gasteiger partial charge in [-0.05, 0) is 25.7 Å². The molecule has 0 aromatic carbocycles. The van der Waals surface area contributed by atoms with Crippen LogP contribution in [0.3, 0.4) is 0 Å². The SMILES string of the molecule is OC(CNCCNCC(O)CNC1CCCCC1)CNC1CCCCC1. The second kappa shape index (κ2) is 13.9. The Morgan fingerprint density at radius 1 is 0.577 bits per heavy atom. The zero-order chi connectivity index (χ0) is 18.5. The molecule has 26 heavy (non-hydrogen) atoms. The van der Waals surface area contributed by atoms with Gasteiger partial charge in [-0.1, -0.05) is 38.5 Å². The second-order valence-electron chi connectivity index (χ2n) is 8.20. The third-order valence-electron chi connectivity index (χ3n) is 5.73. The molecule has 2 aliphatic rings. The van der Waals surface area contributed by atoms with E-state index in [1.165, 1.54) is 64.2 Å². The Balaban J connectivity index is 1.36. The topological polar surface area (TPSA) is 88.6 Å². The van der Waals surface area contributed by atoms with Gasteiger partial charge in [-0.25, -0.2) is 0 Å². The van der Waals surface area contributed by atoms with E-state index in [4.69, 9.17) is 0 Å². The van der Waals surface area contributed by atoms with Gasteiger partial charge < -0.3 is 31.5 Å². The Hall–Kier alpha value is -0.240. The predicted molar refractivity (Wildman–Crippen MR) is 108 cm³/mol. The molecule has 2 atom stereocenters. The minimum atomic E-state index is -0.331. The van der Waals surface area contributed by atoms with Gasteiger partial charge in [-0.15, -0.1) is 0 Å². The summed E-state index contributed by atoms with van der Waals surface area (Å²) in [6, 6.07) is 1.20. The molecule has 0 spiro atoms. The normalized spacial score (nSPS) is 22.4. The van der Waals surface area contributed by atoms with Crippen molar-refractivity contribution >= 4 is 0 Å². The molecule has 6 N–H and O–H groups in total. The third kappa shape index (κ3) is 10.2. The molecule has 0 aromatic rings. The summed E-state index contributed by atoms with van der Waals surface area (Å²) >= 11 is 0. The molecule has 6 heteroatoms. The molecule has 0 saturated heterocycles. The monoisotopic (exact) mass is 370 g/mol. The van der Waals surface area contributed by atoms with Crippen molar-refractivity contribution in [2.24, 2.45) is 0 Å². The molecule has 0 amide bonds. The zero-order valence-corrected chi connectivity index (χ0v) is 16.5. The molecule has 6 nitrogen and oxygen atoms in total. The summed E-state index contributed by atoms with van der Waals surface area (Å²) in [7, 11) is 0. The van der Waals surface area contributed by atoms with Crippen LogP contribution in [0, 0.1) is 0 Å². The van der Waals surface area contributed by atoms with Crippen LogP contribution in [0.2, 0.25) is 0 Å². The molecule has 0 aromatic heterocycles. The first-order valence-corrected chi connectivity index (χ1v) is 11.0. The molecular formula is C20H42N4O2. The van der Waals surface area contributed by atoms with Crippen LogP contribution in [0.5, 0.6) is 0 Å². The van der Waals surface area contributed by atoms with Gasteiger partial charge in [-0.3, -0.25) is 0 Å². The van der Waals surface area contributed by atoms with Crippen molar-refractivity contribution in [3.8, 4) is 0 Å². The van der Waals surface area contributed by atoms with E-state index in [9.17, 15) is 10.2 Å². The highest BCUT2D eigenvalue weighted by Crippen LogP contribution is 2.17. The van der Waals surface area contributed by atoms with E-state index >= 15 is 0 Å². The quantitative estimate of drug-likeness (QED) is 0.268. The number of aliphatic hydroxyl groups is 2. The lowest BCUT2D eigenvalue weighted by Crippen LogP contribution is -2.43. The minimum absolute atomic E-state index is 0.331. The fraction of sp³-hybridized carbons (Fsp3) is 1.00. The highest BCUT2D eigenvalue weighted by atomic mass is 16.3. The lowest BCUT2D eigenvalue weighted by molar-refractivity contribution is 0.156. The van der Waals surface area contributed by atoms with E-state index in [0.717, 1.165) is 13.1 Å². The van der Waals surface area contributed by atoms with Crippen LogP contribution in [-0.2, 0) is 0 Å². The van der Waals surface area contributed by atoms with Crippen molar-refractivity contribution < 1.29 is 10.2 Å². The maximum Gasteiger partial charge on any atom is 0.0788 e. The fourth-order valence-corrected chi connectivity index (χ4v) is 4.08. The van der Waals surface area contributed by atoms with Crippen LogP contribution in [0.25, 0.3) is 0 Å². The third-order valence-corrected chi connectivity index (χ3v) is 5.73. The van der Waals surface area contributed by atoms with Crippen LogP contribution < -0.4 is 21.3 Å². The zero-order valence-electron chi connectivity index (χ0n) is 16.5. The lowest BCUT2D eigenvalue weighted by atomic mass is 9.95. The van der Waals surface area contributed by atoms with E-state index in [2.05, 4.69) is 21.3 Å². The molecule has 0 heterocycles. The summed E-state index contributed by atoms with van der Waals surface area (Å²) in [5, 5.41) is 33.6. The first-order valence-electron chi connectivity index (χ1n) is 11.0. The summed E-state index contributed by atoms with van der Waals surface area (Å²) in [5.74, 6) is 0. The molecule has 154 valence electrons. The Morgan fingerprint density at radius 2 is 0.962 bits per heavy atom. The maximum atomic E-state index is 10.0.